The number of anilines is 1. The molecule has 0 radical (unpaired) electrons. The highest BCUT2D eigenvalue weighted by molar-refractivity contribution is 9.10. The number of hydrogen-bond donors (Lipinski definition) is 0. The van der Waals surface area contributed by atoms with Gasteiger partial charge in [0.25, 0.3) is 11.8 Å². The number of benzene rings is 2. The van der Waals surface area contributed by atoms with Crippen LogP contribution in [0.5, 0.6) is 0 Å². The van der Waals surface area contributed by atoms with Gasteiger partial charge in [-0.15, -0.1) is 0 Å². The number of imide groups is 1. The van der Waals surface area contributed by atoms with Crippen molar-refractivity contribution in [2.75, 3.05) is 4.90 Å². The molecule has 4 rings (SSSR count). The average Bonchev–Trinajstić information content (AvgIpc) is 3.43. The number of hydrogen-bond acceptors (Lipinski definition) is 3. The van der Waals surface area contributed by atoms with Gasteiger partial charge < -0.3 is 4.90 Å². The minimum atomic E-state index is -0.902. The maximum absolute atomic E-state index is 14.1. The topological polar surface area (TPSA) is 57.7 Å². The number of rotatable bonds is 4. The van der Waals surface area contributed by atoms with Crippen molar-refractivity contribution in [2.45, 2.75) is 31.3 Å². The summed E-state index contributed by atoms with van der Waals surface area (Å²) >= 11 is 3.32. The van der Waals surface area contributed by atoms with Crippen LogP contribution in [0.2, 0.25) is 0 Å². The number of nitrogens with zero attached hydrogens (tertiary/aromatic N) is 2. The third kappa shape index (κ3) is 3.27. The second-order valence-electron chi connectivity index (χ2n) is 6.69. The van der Waals surface area contributed by atoms with Crippen molar-refractivity contribution in [1.82, 2.24) is 4.90 Å². The summed E-state index contributed by atoms with van der Waals surface area (Å²) in [6, 6.07) is 11.5. The van der Waals surface area contributed by atoms with Gasteiger partial charge >= 0.3 is 0 Å². The highest BCUT2D eigenvalue weighted by Crippen LogP contribution is 2.35. The van der Waals surface area contributed by atoms with Crippen molar-refractivity contribution < 1.29 is 18.8 Å². The number of amides is 3. The van der Waals surface area contributed by atoms with Gasteiger partial charge in [0, 0.05) is 10.5 Å². The van der Waals surface area contributed by atoms with Crippen LogP contribution in [0, 0.1) is 5.82 Å². The van der Waals surface area contributed by atoms with Crippen LogP contribution >= 0.6 is 15.9 Å². The van der Waals surface area contributed by atoms with Gasteiger partial charge in [0.1, 0.15) is 11.9 Å². The first-order valence-corrected chi connectivity index (χ1v) is 9.46. The number of carbonyl (C=O) groups is 3. The van der Waals surface area contributed by atoms with E-state index in [9.17, 15) is 18.8 Å². The summed E-state index contributed by atoms with van der Waals surface area (Å²) in [5.74, 6) is -1.98. The minimum absolute atomic E-state index is 0.0771. The zero-order valence-electron chi connectivity index (χ0n) is 14.3. The Kier molecular flexibility index (Phi) is 4.55. The van der Waals surface area contributed by atoms with Gasteiger partial charge in [-0.2, -0.15) is 0 Å². The van der Waals surface area contributed by atoms with E-state index in [1.165, 1.54) is 23.1 Å². The normalized spacial score (nSPS) is 19.5. The molecule has 0 bridgehead atoms. The van der Waals surface area contributed by atoms with E-state index in [0.717, 1.165) is 22.2 Å². The van der Waals surface area contributed by atoms with Crippen LogP contribution in [0.4, 0.5) is 10.1 Å². The van der Waals surface area contributed by atoms with Crippen LogP contribution in [0.15, 0.2) is 53.0 Å². The van der Waals surface area contributed by atoms with Crippen LogP contribution in [0.1, 0.15) is 29.6 Å². The summed E-state index contributed by atoms with van der Waals surface area (Å²) in [6.07, 6.45) is 1.40. The van der Waals surface area contributed by atoms with E-state index < -0.39 is 23.7 Å². The van der Waals surface area contributed by atoms with E-state index in [4.69, 9.17) is 0 Å². The average molecular weight is 431 g/mol. The maximum Gasteiger partial charge on any atom is 0.257 e. The fourth-order valence-corrected chi connectivity index (χ4v) is 3.65. The summed E-state index contributed by atoms with van der Waals surface area (Å²) < 4.78 is 14.9. The fourth-order valence-electron chi connectivity index (χ4n) is 3.38. The summed E-state index contributed by atoms with van der Waals surface area (Å²) in [4.78, 5) is 41.0. The third-order valence-corrected chi connectivity index (χ3v) is 5.35. The molecule has 7 heteroatoms. The van der Waals surface area contributed by atoms with Crippen molar-refractivity contribution in [3.8, 4) is 0 Å². The van der Waals surface area contributed by atoms with Gasteiger partial charge in [-0.05, 0) is 49.2 Å². The summed E-state index contributed by atoms with van der Waals surface area (Å²) in [5, 5.41) is 0. The second kappa shape index (κ2) is 6.88. The zero-order chi connectivity index (χ0) is 19.1. The van der Waals surface area contributed by atoms with Gasteiger partial charge in [0.05, 0.1) is 17.7 Å². The number of halogens is 2. The van der Waals surface area contributed by atoms with Gasteiger partial charge in [-0.25, -0.2) is 9.29 Å². The predicted molar refractivity (Wildman–Crippen MR) is 101 cm³/mol. The zero-order valence-corrected chi connectivity index (χ0v) is 15.9. The van der Waals surface area contributed by atoms with E-state index in [2.05, 4.69) is 15.9 Å². The molecule has 138 valence electrons. The summed E-state index contributed by atoms with van der Waals surface area (Å²) in [7, 11) is 0. The van der Waals surface area contributed by atoms with Gasteiger partial charge in [-0.1, -0.05) is 28.1 Å². The largest absolute Gasteiger partial charge is 0.323 e. The SMILES string of the molecule is O=C1CC(N(C(=O)c2ccccc2F)C2CC2)C(=O)N1c1ccc(Br)cc1. The molecule has 1 unspecified atom stereocenters. The highest BCUT2D eigenvalue weighted by atomic mass is 79.9. The number of carbonyl (C=O) groups excluding carboxylic acids is 3. The molecule has 1 heterocycles. The molecule has 5 nitrogen and oxygen atoms in total. The molecule has 0 spiro atoms. The summed E-state index contributed by atoms with van der Waals surface area (Å²) in [5.41, 5.74) is 0.386. The van der Waals surface area contributed by atoms with Crippen molar-refractivity contribution in [3.05, 3.63) is 64.4 Å². The Morgan fingerprint density at radius 2 is 1.74 bits per heavy atom. The molecule has 1 atom stereocenters. The van der Waals surface area contributed by atoms with Gasteiger partial charge in [0.15, 0.2) is 0 Å². The molecule has 1 aliphatic heterocycles. The Bertz CT molecular complexity index is 927. The maximum atomic E-state index is 14.1. The molecule has 0 aromatic heterocycles. The second-order valence-corrected chi connectivity index (χ2v) is 7.60. The molecule has 0 N–H and O–H groups in total. The molecule has 3 amide bonds. The lowest BCUT2D eigenvalue weighted by Crippen LogP contribution is -2.47. The molecule has 1 saturated carbocycles. The van der Waals surface area contributed by atoms with Crippen molar-refractivity contribution in [3.63, 3.8) is 0 Å². The minimum Gasteiger partial charge on any atom is -0.323 e. The molecule has 2 aliphatic rings. The molecule has 2 fully saturated rings. The van der Waals surface area contributed by atoms with Crippen LogP contribution in [-0.4, -0.2) is 34.7 Å². The van der Waals surface area contributed by atoms with E-state index in [0.29, 0.717) is 5.69 Å². The molecule has 1 aliphatic carbocycles. The third-order valence-electron chi connectivity index (χ3n) is 4.82. The van der Waals surface area contributed by atoms with E-state index >= 15 is 0 Å². The summed E-state index contributed by atoms with van der Waals surface area (Å²) in [6.45, 7) is 0. The molecule has 1 saturated heterocycles. The predicted octanol–water partition coefficient (Wildman–Crippen LogP) is 3.52. The van der Waals surface area contributed by atoms with E-state index in [1.54, 1.807) is 30.3 Å². The smallest absolute Gasteiger partial charge is 0.257 e. The highest BCUT2D eigenvalue weighted by Gasteiger charge is 2.49. The van der Waals surface area contributed by atoms with E-state index in [1.807, 2.05) is 0 Å². The van der Waals surface area contributed by atoms with Crippen molar-refractivity contribution in [1.29, 1.82) is 0 Å². The van der Waals surface area contributed by atoms with E-state index in [-0.39, 0.29) is 23.9 Å². The monoisotopic (exact) mass is 430 g/mol. The first kappa shape index (κ1) is 17.9. The van der Waals surface area contributed by atoms with Crippen LogP contribution < -0.4 is 4.90 Å². The quantitative estimate of drug-likeness (QED) is 0.697. The van der Waals surface area contributed by atoms with Crippen molar-refractivity contribution >= 4 is 39.3 Å². The molecule has 2 aromatic rings. The molecule has 2 aromatic carbocycles. The van der Waals surface area contributed by atoms with Crippen molar-refractivity contribution in [2.24, 2.45) is 0 Å². The standard InChI is InChI=1S/C20H16BrFN2O3/c21-12-5-7-14(8-6-12)24-18(25)11-17(20(24)27)23(13-9-10-13)19(26)15-3-1-2-4-16(15)22/h1-8,13,17H,9-11H2. The fraction of sp³-hybridized carbons (Fsp3) is 0.250. The van der Waals surface area contributed by atoms with Crippen LogP contribution in [0.3, 0.4) is 0 Å². The Labute approximate surface area is 163 Å². The lowest BCUT2D eigenvalue weighted by atomic mass is 10.1. The molecular weight excluding hydrogens is 415 g/mol. The van der Waals surface area contributed by atoms with Crippen LogP contribution in [0.25, 0.3) is 0 Å². The first-order valence-electron chi connectivity index (χ1n) is 8.67. The first-order chi connectivity index (χ1) is 13.0. The Balaban J connectivity index is 1.65. The Morgan fingerprint density at radius 1 is 1.07 bits per heavy atom. The lowest BCUT2D eigenvalue weighted by Gasteiger charge is -2.27. The van der Waals surface area contributed by atoms with Gasteiger partial charge in [-0.3, -0.25) is 14.4 Å². The Morgan fingerprint density at radius 3 is 2.37 bits per heavy atom. The molecule has 27 heavy (non-hydrogen) atoms. The van der Waals surface area contributed by atoms with Gasteiger partial charge in [0.2, 0.25) is 5.91 Å². The molecular formula is C20H16BrFN2O3. The van der Waals surface area contributed by atoms with Crippen LogP contribution in [-0.2, 0) is 9.59 Å². The lowest BCUT2D eigenvalue weighted by molar-refractivity contribution is -0.122. The Hall–Kier alpha value is -2.54.